The van der Waals surface area contributed by atoms with Gasteiger partial charge in [-0.3, -0.25) is 10.1 Å². The molecule has 108 valence electrons. The molecule has 6 heteroatoms. The number of nitrogens with zero attached hydrogens (tertiary/aromatic N) is 1. The molecule has 0 amide bonds. The minimum Gasteiger partial charge on any atom is -0.435 e. The average Bonchev–Trinajstić information content (AvgIpc) is 2.46. The van der Waals surface area contributed by atoms with Gasteiger partial charge in [-0.2, -0.15) is 8.78 Å². The van der Waals surface area contributed by atoms with E-state index >= 15 is 0 Å². The first-order chi connectivity index (χ1) is 10.1. The Balaban J connectivity index is 2.29. The Morgan fingerprint density at radius 3 is 2.24 bits per heavy atom. The normalized spacial score (nSPS) is 11.5. The molecule has 0 saturated carbocycles. The monoisotopic (exact) mass is 291 g/mol. The molecule has 0 fully saturated rings. The van der Waals surface area contributed by atoms with Crippen LogP contribution in [-0.2, 0) is 0 Å². The van der Waals surface area contributed by atoms with Crippen molar-refractivity contribution in [2.75, 3.05) is 0 Å². The van der Waals surface area contributed by atoms with E-state index in [-0.39, 0.29) is 11.4 Å². The molecule has 2 rings (SSSR count). The predicted octanol–water partition coefficient (Wildman–Crippen LogP) is 4.06. The Labute approximate surface area is 119 Å². The van der Waals surface area contributed by atoms with Gasteiger partial charge in [0.05, 0.1) is 10.5 Å². The summed E-state index contributed by atoms with van der Waals surface area (Å²) in [7, 11) is 0. The highest BCUT2D eigenvalue weighted by atomic mass is 19.3. The Morgan fingerprint density at radius 2 is 1.71 bits per heavy atom. The van der Waals surface area contributed by atoms with Crippen LogP contribution >= 0.6 is 0 Å². The van der Waals surface area contributed by atoms with E-state index in [0.717, 1.165) is 0 Å². The van der Waals surface area contributed by atoms with Crippen LogP contribution in [0.5, 0.6) is 5.75 Å². The van der Waals surface area contributed by atoms with Crippen LogP contribution < -0.4 is 4.74 Å². The molecule has 0 unspecified atom stereocenters. The van der Waals surface area contributed by atoms with Crippen molar-refractivity contribution in [1.29, 1.82) is 0 Å². The first-order valence-corrected chi connectivity index (χ1v) is 6.02. The Morgan fingerprint density at radius 1 is 1.10 bits per heavy atom. The molecule has 0 N–H and O–H groups in total. The molecular formula is C15H11F2NO3. The molecule has 0 heterocycles. The fourth-order valence-electron chi connectivity index (χ4n) is 1.75. The van der Waals surface area contributed by atoms with E-state index in [0.29, 0.717) is 11.1 Å². The summed E-state index contributed by atoms with van der Waals surface area (Å²) in [5.74, 6) is 0.00418. The Kier molecular flexibility index (Phi) is 4.61. The van der Waals surface area contributed by atoms with Gasteiger partial charge in [0.2, 0.25) is 0 Å². The average molecular weight is 291 g/mol. The van der Waals surface area contributed by atoms with Crippen LogP contribution in [0.2, 0.25) is 0 Å². The van der Waals surface area contributed by atoms with Crippen LogP contribution in [0.3, 0.4) is 0 Å². The van der Waals surface area contributed by atoms with E-state index in [1.54, 1.807) is 30.3 Å². The lowest BCUT2D eigenvalue weighted by Crippen LogP contribution is -2.01. The molecule has 0 spiro atoms. The highest BCUT2D eigenvalue weighted by Gasteiger charge is 2.13. The summed E-state index contributed by atoms with van der Waals surface area (Å²) in [5.41, 5.74) is 0.917. The third-order valence-corrected chi connectivity index (χ3v) is 2.67. The fraction of sp³-hybridized carbons (Fsp3) is 0.0667. The van der Waals surface area contributed by atoms with Crippen LogP contribution in [0.25, 0.3) is 11.8 Å². The van der Waals surface area contributed by atoms with Gasteiger partial charge in [0, 0.05) is 6.08 Å². The molecule has 2 aromatic carbocycles. The first-order valence-electron chi connectivity index (χ1n) is 6.02. The van der Waals surface area contributed by atoms with Crippen molar-refractivity contribution < 1.29 is 18.4 Å². The van der Waals surface area contributed by atoms with Gasteiger partial charge >= 0.3 is 6.61 Å². The molecule has 0 atom stereocenters. The van der Waals surface area contributed by atoms with Crippen molar-refractivity contribution in [1.82, 2.24) is 0 Å². The molecule has 2 aromatic rings. The summed E-state index contributed by atoms with van der Waals surface area (Å²) in [6.45, 7) is -2.90. The van der Waals surface area contributed by atoms with Gasteiger partial charge in [-0.1, -0.05) is 30.3 Å². The second-order valence-electron chi connectivity index (χ2n) is 4.10. The van der Waals surface area contributed by atoms with Crippen LogP contribution in [-0.4, -0.2) is 11.5 Å². The van der Waals surface area contributed by atoms with Crippen molar-refractivity contribution >= 4 is 11.8 Å². The van der Waals surface area contributed by atoms with Gasteiger partial charge in [0.25, 0.3) is 5.70 Å². The lowest BCUT2D eigenvalue weighted by molar-refractivity contribution is -0.374. The lowest BCUT2D eigenvalue weighted by atomic mass is 10.1. The van der Waals surface area contributed by atoms with Crippen molar-refractivity contribution in [3.05, 3.63) is 75.8 Å². The largest absolute Gasteiger partial charge is 0.435 e. The van der Waals surface area contributed by atoms with Crippen LogP contribution in [0.15, 0.2) is 54.6 Å². The van der Waals surface area contributed by atoms with Crippen molar-refractivity contribution in [2.45, 2.75) is 6.61 Å². The predicted molar refractivity (Wildman–Crippen MR) is 74.4 cm³/mol. The standard InChI is InChI=1S/C15H11F2NO3/c16-15(17)21-13-8-6-11(7-9-13)10-14(18(19)20)12-4-2-1-3-5-12/h1-10,15H. The molecule has 4 nitrogen and oxygen atoms in total. The van der Waals surface area contributed by atoms with Gasteiger partial charge in [-0.25, -0.2) is 0 Å². The number of alkyl halides is 2. The maximum Gasteiger partial charge on any atom is 0.387 e. The van der Waals surface area contributed by atoms with Crippen molar-refractivity contribution in [3.63, 3.8) is 0 Å². The summed E-state index contributed by atoms with van der Waals surface area (Å²) < 4.78 is 28.3. The van der Waals surface area contributed by atoms with Gasteiger partial charge in [0.1, 0.15) is 5.75 Å². The molecule has 0 saturated heterocycles. The molecule has 0 aromatic heterocycles. The van der Waals surface area contributed by atoms with E-state index in [9.17, 15) is 18.9 Å². The summed E-state index contributed by atoms with van der Waals surface area (Å²) in [5, 5.41) is 11.1. The Hall–Kier alpha value is -2.76. The summed E-state index contributed by atoms with van der Waals surface area (Å²) in [6, 6.07) is 14.0. The number of ether oxygens (including phenoxy) is 1. The number of rotatable bonds is 5. The van der Waals surface area contributed by atoms with E-state index < -0.39 is 11.5 Å². The lowest BCUT2D eigenvalue weighted by Gasteiger charge is -2.04. The molecule has 21 heavy (non-hydrogen) atoms. The first kappa shape index (κ1) is 14.6. The van der Waals surface area contributed by atoms with Crippen LogP contribution in [0.1, 0.15) is 11.1 Å². The summed E-state index contributed by atoms with van der Waals surface area (Å²) >= 11 is 0. The van der Waals surface area contributed by atoms with Crippen molar-refractivity contribution in [2.24, 2.45) is 0 Å². The second kappa shape index (κ2) is 6.60. The zero-order valence-corrected chi connectivity index (χ0v) is 10.8. The van der Waals surface area contributed by atoms with E-state index in [4.69, 9.17) is 0 Å². The topological polar surface area (TPSA) is 52.4 Å². The molecule has 0 aliphatic heterocycles. The van der Waals surface area contributed by atoms with E-state index in [1.165, 1.54) is 30.3 Å². The summed E-state index contributed by atoms with van der Waals surface area (Å²) in [6.07, 6.45) is 1.38. The maximum absolute atomic E-state index is 12.0. The number of nitro groups is 1. The minimum absolute atomic E-state index is 0.00418. The molecule has 0 bridgehead atoms. The van der Waals surface area contributed by atoms with E-state index in [1.807, 2.05) is 0 Å². The smallest absolute Gasteiger partial charge is 0.387 e. The van der Waals surface area contributed by atoms with Crippen molar-refractivity contribution in [3.8, 4) is 5.75 Å². The third kappa shape index (κ3) is 4.10. The SMILES string of the molecule is O=[N+]([O-])C(=Cc1ccc(OC(F)F)cc1)c1ccccc1. The molecular weight excluding hydrogens is 280 g/mol. The molecule has 0 radical (unpaired) electrons. The minimum atomic E-state index is -2.90. The zero-order chi connectivity index (χ0) is 15.2. The van der Waals surface area contributed by atoms with E-state index in [2.05, 4.69) is 4.74 Å². The maximum atomic E-state index is 12.0. The van der Waals surface area contributed by atoms with Crippen LogP contribution in [0.4, 0.5) is 8.78 Å². The quantitative estimate of drug-likeness (QED) is 0.474. The van der Waals surface area contributed by atoms with Gasteiger partial charge < -0.3 is 4.74 Å². The van der Waals surface area contributed by atoms with Gasteiger partial charge in [-0.15, -0.1) is 0 Å². The zero-order valence-electron chi connectivity index (χ0n) is 10.8. The number of hydrogen-bond donors (Lipinski definition) is 0. The van der Waals surface area contributed by atoms with Gasteiger partial charge in [0.15, 0.2) is 0 Å². The van der Waals surface area contributed by atoms with Gasteiger partial charge in [-0.05, 0) is 29.8 Å². The third-order valence-electron chi connectivity index (χ3n) is 2.67. The number of benzene rings is 2. The highest BCUT2D eigenvalue weighted by molar-refractivity contribution is 5.76. The Bertz CT molecular complexity index is 640. The second-order valence-corrected chi connectivity index (χ2v) is 4.10. The molecule has 0 aliphatic carbocycles. The van der Waals surface area contributed by atoms with Crippen LogP contribution in [0, 0.1) is 10.1 Å². The number of halogens is 2. The molecule has 0 aliphatic rings. The summed E-state index contributed by atoms with van der Waals surface area (Å²) in [4.78, 5) is 10.6. The number of hydrogen-bond acceptors (Lipinski definition) is 3. The fourth-order valence-corrected chi connectivity index (χ4v) is 1.75. The highest BCUT2D eigenvalue weighted by Crippen LogP contribution is 2.21.